The Bertz CT molecular complexity index is 366. The SMILES string of the molecule is CCCCCCCCCCOc1ccc(CCl)cc1Cl. The largest absolute Gasteiger partial charge is 0.492 e. The van der Waals surface area contributed by atoms with E-state index in [4.69, 9.17) is 27.9 Å². The molecule has 1 aromatic carbocycles. The number of rotatable bonds is 11. The van der Waals surface area contributed by atoms with Crippen molar-refractivity contribution in [1.29, 1.82) is 0 Å². The molecular weight excluding hydrogens is 291 g/mol. The van der Waals surface area contributed by atoms with Gasteiger partial charge in [-0.3, -0.25) is 0 Å². The van der Waals surface area contributed by atoms with Crippen molar-refractivity contribution in [2.24, 2.45) is 0 Å². The standard InChI is InChI=1S/C17H26Cl2O/c1-2-3-4-5-6-7-8-9-12-20-17-11-10-15(14-18)13-16(17)19/h10-11,13H,2-9,12,14H2,1H3. The normalized spacial score (nSPS) is 10.8. The Morgan fingerprint density at radius 2 is 1.60 bits per heavy atom. The Morgan fingerprint density at radius 1 is 0.950 bits per heavy atom. The minimum Gasteiger partial charge on any atom is -0.492 e. The Kier molecular flexibility index (Phi) is 9.96. The van der Waals surface area contributed by atoms with Crippen LogP contribution in [-0.2, 0) is 5.88 Å². The van der Waals surface area contributed by atoms with Gasteiger partial charge in [0, 0.05) is 5.88 Å². The molecule has 0 aliphatic heterocycles. The fourth-order valence-electron chi connectivity index (χ4n) is 2.16. The molecule has 0 N–H and O–H groups in total. The van der Waals surface area contributed by atoms with Gasteiger partial charge in [-0.1, -0.05) is 69.5 Å². The molecule has 0 radical (unpaired) electrons. The van der Waals surface area contributed by atoms with E-state index < -0.39 is 0 Å². The van der Waals surface area contributed by atoms with Gasteiger partial charge in [-0.05, 0) is 24.1 Å². The van der Waals surface area contributed by atoms with Gasteiger partial charge in [-0.25, -0.2) is 0 Å². The average molecular weight is 317 g/mol. The summed E-state index contributed by atoms with van der Waals surface area (Å²) >= 11 is 11.9. The highest BCUT2D eigenvalue weighted by molar-refractivity contribution is 6.32. The second-order valence-electron chi connectivity index (χ2n) is 5.22. The van der Waals surface area contributed by atoms with Crippen LogP contribution < -0.4 is 4.74 Å². The van der Waals surface area contributed by atoms with Gasteiger partial charge in [0.2, 0.25) is 0 Å². The summed E-state index contributed by atoms with van der Waals surface area (Å²) in [5, 5.41) is 0.655. The molecular formula is C17H26Cl2O. The second kappa shape index (κ2) is 11.3. The monoisotopic (exact) mass is 316 g/mol. The number of ether oxygens (including phenoxy) is 1. The van der Waals surface area contributed by atoms with E-state index in [0.717, 1.165) is 24.3 Å². The maximum atomic E-state index is 6.14. The highest BCUT2D eigenvalue weighted by atomic mass is 35.5. The van der Waals surface area contributed by atoms with Crippen LogP contribution in [0, 0.1) is 0 Å². The van der Waals surface area contributed by atoms with Gasteiger partial charge in [0.15, 0.2) is 0 Å². The summed E-state index contributed by atoms with van der Waals surface area (Å²) in [6.45, 7) is 3.00. The minimum absolute atomic E-state index is 0.484. The summed E-state index contributed by atoms with van der Waals surface area (Å²) in [5.41, 5.74) is 1.02. The van der Waals surface area contributed by atoms with E-state index in [0.29, 0.717) is 10.9 Å². The molecule has 0 spiro atoms. The molecule has 0 saturated heterocycles. The summed E-state index contributed by atoms with van der Waals surface area (Å²) in [6.07, 6.45) is 10.5. The quantitative estimate of drug-likeness (QED) is 0.330. The molecule has 0 bridgehead atoms. The molecule has 0 saturated carbocycles. The average Bonchev–Trinajstić information content (AvgIpc) is 2.47. The zero-order valence-electron chi connectivity index (χ0n) is 12.5. The van der Waals surface area contributed by atoms with E-state index in [1.165, 1.54) is 44.9 Å². The summed E-state index contributed by atoms with van der Waals surface area (Å²) in [6, 6.07) is 5.74. The molecule has 0 aliphatic carbocycles. The molecule has 0 fully saturated rings. The molecule has 0 aromatic heterocycles. The van der Waals surface area contributed by atoms with E-state index in [1.807, 2.05) is 18.2 Å². The van der Waals surface area contributed by atoms with Gasteiger partial charge in [-0.15, -0.1) is 11.6 Å². The van der Waals surface area contributed by atoms with Crippen molar-refractivity contribution in [3.05, 3.63) is 28.8 Å². The highest BCUT2D eigenvalue weighted by Crippen LogP contribution is 2.26. The number of hydrogen-bond donors (Lipinski definition) is 0. The van der Waals surface area contributed by atoms with Gasteiger partial charge in [0.1, 0.15) is 5.75 Å². The fraction of sp³-hybridized carbons (Fsp3) is 0.647. The first kappa shape index (κ1) is 17.7. The third-order valence-electron chi connectivity index (χ3n) is 3.41. The smallest absolute Gasteiger partial charge is 0.137 e. The third kappa shape index (κ3) is 7.40. The van der Waals surface area contributed by atoms with E-state index in [-0.39, 0.29) is 0 Å². The van der Waals surface area contributed by atoms with Crippen molar-refractivity contribution in [1.82, 2.24) is 0 Å². The van der Waals surface area contributed by atoms with E-state index in [1.54, 1.807) is 0 Å². The summed E-state index contributed by atoms with van der Waals surface area (Å²) in [5.74, 6) is 1.25. The maximum absolute atomic E-state index is 6.14. The van der Waals surface area contributed by atoms with E-state index >= 15 is 0 Å². The van der Waals surface area contributed by atoms with E-state index in [2.05, 4.69) is 6.92 Å². The Balaban J connectivity index is 2.06. The molecule has 114 valence electrons. The van der Waals surface area contributed by atoms with Gasteiger partial charge in [0.05, 0.1) is 11.6 Å². The van der Waals surface area contributed by atoms with Crippen LogP contribution in [0.4, 0.5) is 0 Å². The van der Waals surface area contributed by atoms with Crippen LogP contribution in [-0.4, -0.2) is 6.61 Å². The lowest BCUT2D eigenvalue weighted by atomic mass is 10.1. The van der Waals surface area contributed by atoms with Crippen LogP contribution in [0.5, 0.6) is 5.75 Å². The van der Waals surface area contributed by atoms with Crippen LogP contribution in [0.2, 0.25) is 5.02 Å². The lowest BCUT2D eigenvalue weighted by Crippen LogP contribution is -1.98. The molecule has 1 rings (SSSR count). The number of unbranched alkanes of at least 4 members (excludes halogenated alkanes) is 7. The first-order valence-corrected chi connectivity index (χ1v) is 8.66. The van der Waals surface area contributed by atoms with Crippen molar-refractivity contribution in [3.63, 3.8) is 0 Å². The van der Waals surface area contributed by atoms with Crippen LogP contribution >= 0.6 is 23.2 Å². The molecule has 1 nitrogen and oxygen atoms in total. The summed E-state index contributed by atoms with van der Waals surface area (Å²) < 4.78 is 5.71. The Labute approximate surface area is 133 Å². The molecule has 0 unspecified atom stereocenters. The maximum Gasteiger partial charge on any atom is 0.137 e. The van der Waals surface area contributed by atoms with E-state index in [9.17, 15) is 0 Å². The van der Waals surface area contributed by atoms with Crippen molar-refractivity contribution in [2.45, 2.75) is 64.2 Å². The number of benzene rings is 1. The molecule has 1 aromatic rings. The van der Waals surface area contributed by atoms with Crippen LogP contribution in [0.1, 0.15) is 63.9 Å². The molecule has 20 heavy (non-hydrogen) atoms. The molecule has 0 heterocycles. The van der Waals surface area contributed by atoms with Crippen LogP contribution in [0.15, 0.2) is 18.2 Å². The Hall–Kier alpha value is -0.400. The molecule has 0 atom stereocenters. The van der Waals surface area contributed by atoms with Gasteiger partial charge < -0.3 is 4.74 Å². The zero-order valence-corrected chi connectivity index (χ0v) is 14.0. The second-order valence-corrected chi connectivity index (χ2v) is 5.90. The van der Waals surface area contributed by atoms with Gasteiger partial charge in [-0.2, -0.15) is 0 Å². The highest BCUT2D eigenvalue weighted by Gasteiger charge is 2.02. The number of halogens is 2. The fourth-order valence-corrected chi connectivity index (χ4v) is 2.59. The first-order chi connectivity index (χ1) is 9.77. The van der Waals surface area contributed by atoms with Crippen molar-refractivity contribution in [2.75, 3.05) is 6.61 Å². The number of hydrogen-bond acceptors (Lipinski definition) is 1. The van der Waals surface area contributed by atoms with Gasteiger partial charge in [0.25, 0.3) is 0 Å². The zero-order chi connectivity index (χ0) is 14.6. The minimum atomic E-state index is 0.484. The number of alkyl halides is 1. The molecule has 0 aliphatic rings. The molecule has 3 heteroatoms. The van der Waals surface area contributed by atoms with Crippen molar-refractivity contribution >= 4 is 23.2 Å². The van der Waals surface area contributed by atoms with Crippen molar-refractivity contribution in [3.8, 4) is 5.75 Å². The lowest BCUT2D eigenvalue weighted by Gasteiger charge is -2.09. The lowest BCUT2D eigenvalue weighted by molar-refractivity contribution is 0.304. The first-order valence-electron chi connectivity index (χ1n) is 7.75. The molecule has 0 amide bonds. The predicted octanol–water partition coefficient (Wildman–Crippen LogP) is 6.60. The third-order valence-corrected chi connectivity index (χ3v) is 4.01. The van der Waals surface area contributed by atoms with Crippen LogP contribution in [0.3, 0.4) is 0 Å². The van der Waals surface area contributed by atoms with Gasteiger partial charge >= 0.3 is 0 Å². The summed E-state index contributed by atoms with van der Waals surface area (Å²) in [4.78, 5) is 0. The van der Waals surface area contributed by atoms with Crippen molar-refractivity contribution < 1.29 is 4.74 Å². The Morgan fingerprint density at radius 3 is 2.20 bits per heavy atom. The predicted molar refractivity (Wildman–Crippen MR) is 89.1 cm³/mol. The topological polar surface area (TPSA) is 9.23 Å². The van der Waals surface area contributed by atoms with Crippen LogP contribution in [0.25, 0.3) is 0 Å². The summed E-state index contributed by atoms with van der Waals surface area (Å²) in [7, 11) is 0.